The van der Waals surface area contributed by atoms with E-state index >= 15 is 0 Å². The summed E-state index contributed by atoms with van der Waals surface area (Å²) < 4.78 is 0. The lowest BCUT2D eigenvalue weighted by molar-refractivity contribution is 1.48. The van der Waals surface area contributed by atoms with Crippen LogP contribution in [0.1, 0.15) is 11.1 Å². The number of rotatable bonds is 14. The predicted octanol–water partition coefficient (Wildman–Crippen LogP) is 26.0. The Morgan fingerprint density at radius 1 is 0.142 bits per heavy atom. The summed E-state index contributed by atoms with van der Waals surface area (Å²) >= 11 is 0. The van der Waals surface area contributed by atoms with Crippen molar-refractivity contribution in [3.05, 3.63) is 484 Å². The molecule has 0 radical (unpaired) electrons. The molecule has 0 heterocycles. The fourth-order valence-corrected chi connectivity index (χ4v) is 29.6. The van der Waals surface area contributed by atoms with Gasteiger partial charge < -0.3 is 0 Å². The highest BCUT2D eigenvalue weighted by molar-refractivity contribution is 7.20. The highest BCUT2D eigenvalue weighted by Gasteiger charge is 2.43. The fraction of sp³-hybridized carbons (Fsp3) is 0.0169. The second-order valence-corrected chi connectivity index (χ2v) is 39.7. The van der Waals surface area contributed by atoms with Gasteiger partial charge in [0.2, 0.25) is 0 Å². The Kier molecular flexibility index (Phi) is 18.9. The molecule has 0 saturated heterocycles. The maximum Gasteiger partial charge on any atom is 0.179 e. The summed E-state index contributed by atoms with van der Waals surface area (Å²) in [6, 6.07) is 177. The summed E-state index contributed by atoms with van der Waals surface area (Å²) in [4.78, 5) is 0. The van der Waals surface area contributed by atoms with Gasteiger partial charge in [-0.15, -0.1) is 0 Å². The molecule has 0 N–H and O–H groups in total. The van der Waals surface area contributed by atoms with Crippen LogP contribution in [0.5, 0.6) is 0 Å². The molecule has 0 fully saturated rings. The molecule has 0 aliphatic heterocycles. The lowest BCUT2D eigenvalue weighted by Gasteiger charge is -2.34. The standard InChI is InChI=1S/C76H54Si2.C42H30/c1-7-23-61(24-8-1)77(62-25-9-2-10-26-62,63-27-11-3-12-28-63)67-47-45-55-51-59(43-41-57(55)53-67)69-37-21-39-74-72(69)38-22-40-75(74)76-50-49-70(71-35-19-20-36-73(71)76)60-44-42-58-54-68(48-46-56(58)52-60)78(64-29-13-4-14-30-64,65-31-15-5-16-32-65)66-33-17-6-18-34-66;1-27-24-39(33-20-9-14-29-12-3-5-16-31(29)33)36-22-11-23-38(40(36)25-27)42-28(2)26-41(35-18-7-8-19-37(35)42)34-21-10-15-30-13-4-6-17-32(30)34/h1-54H;3-26H,1-2H3. The average molecular weight is 1560 g/mol. The average Bonchev–Trinajstić information content (AvgIpc) is 0.736. The van der Waals surface area contributed by atoms with Crippen LogP contribution in [-0.2, 0) is 0 Å². The van der Waals surface area contributed by atoms with Crippen LogP contribution in [0.2, 0.25) is 0 Å². The molecule has 0 spiro atoms. The third-order valence-corrected chi connectivity index (χ3v) is 34.9. The van der Waals surface area contributed by atoms with E-state index in [9.17, 15) is 0 Å². The lowest BCUT2D eigenvalue weighted by Crippen LogP contribution is -2.74. The van der Waals surface area contributed by atoms with E-state index in [1.54, 1.807) is 0 Å². The van der Waals surface area contributed by atoms with Crippen molar-refractivity contribution < 1.29 is 0 Å². The largest absolute Gasteiger partial charge is 0.179 e. The molecule has 22 aromatic rings. The first kappa shape index (κ1) is 73.0. The van der Waals surface area contributed by atoms with Gasteiger partial charge in [0.25, 0.3) is 0 Å². The van der Waals surface area contributed by atoms with Gasteiger partial charge in [-0.05, 0) is 232 Å². The zero-order valence-corrected chi connectivity index (χ0v) is 69.0. The van der Waals surface area contributed by atoms with E-state index in [2.05, 4.69) is 487 Å². The Balaban J connectivity index is 0.000000178. The molecule has 22 aromatic carbocycles. The molecular weight excluding hydrogens is 1470 g/mol. The Labute approximate surface area is 703 Å². The summed E-state index contributed by atoms with van der Waals surface area (Å²) in [6.45, 7) is 4.50. The van der Waals surface area contributed by atoms with Crippen LogP contribution in [0.15, 0.2) is 473 Å². The Morgan fingerprint density at radius 2 is 0.417 bits per heavy atom. The van der Waals surface area contributed by atoms with Crippen LogP contribution < -0.4 is 41.5 Å². The van der Waals surface area contributed by atoms with Crippen LogP contribution in [-0.4, -0.2) is 16.1 Å². The van der Waals surface area contributed by atoms with E-state index in [4.69, 9.17) is 0 Å². The van der Waals surface area contributed by atoms with Crippen LogP contribution in [0.3, 0.4) is 0 Å². The van der Waals surface area contributed by atoms with E-state index in [1.807, 2.05) is 0 Å². The molecule has 22 rings (SSSR count). The molecule has 0 saturated carbocycles. The van der Waals surface area contributed by atoms with Gasteiger partial charge in [0.1, 0.15) is 0 Å². The van der Waals surface area contributed by atoms with Gasteiger partial charge in [-0.3, -0.25) is 0 Å². The predicted molar refractivity (Wildman–Crippen MR) is 522 cm³/mol. The van der Waals surface area contributed by atoms with Gasteiger partial charge in [0.15, 0.2) is 16.1 Å². The highest BCUT2D eigenvalue weighted by Crippen LogP contribution is 2.46. The fourth-order valence-electron chi connectivity index (χ4n) is 20.0. The second kappa shape index (κ2) is 31.1. The first-order valence-corrected chi connectivity index (χ1v) is 45.8. The molecule has 0 nitrogen and oxygen atoms in total. The smallest absolute Gasteiger partial charge is 0.0623 e. The Hall–Kier alpha value is -14.6. The summed E-state index contributed by atoms with van der Waals surface area (Å²) in [5, 5.41) is 31.3. The lowest BCUT2D eigenvalue weighted by atomic mass is 9.84. The van der Waals surface area contributed by atoms with Gasteiger partial charge in [-0.2, -0.15) is 0 Å². The molecule has 0 atom stereocenters. The first-order chi connectivity index (χ1) is 59.3. The van der Waals surface area contributed by atoms with Crippen molar-refractivity contribution in [1.29, 1.82) is 0 Å². The van der Waals surface area contributed by atoms with Crippen molar-refractivity contribution >= 4 is 144 Å². The number of benzene rings is 22. The van der Waals surface area contributed by atoms with Crippen LogP contribution in [0, 0.1) is 13.8 Å². The molecule has 0 aromatic heterocycles. The third-order valence-electron chi connectivity index (χ3n) is 25.4. The summed E-state index contributed by atoms with van der Waals surface area (Å²) in [6.07, 6.45) is 0. The van der Waals surface area contributed by atoms with E-state index in [0.29, 0.717) is 0 Å². The van der Waals surface area contributed by atoms with Crippen LogP contribution in [0.4, 0.5) is 0 Å². The molecule has 0 unspecified atom stereocenters. The van der Waals surface area contributed by atoms with Crippen molar-refractivity contribution in [2.24, 2.45) is 0 Å². The van der Waals surface area contributed by atoms with E-state index < -0.39 is 16.1 Å². The summed E-state index contributed by atoms with van der Waals surface area (Å²) in [5.74, 6) is 0. The van der Waals surface area contributed by atoms with Crippen LogP contribution in [0.25, 0.3) is 153 Å². The van der Waals surface area contributed by atoms with E-state index in [0.717, 1.165) is 0 Å². The zero-order chi connectivity index (χ0) is 80.1. The van der Waals surface area contributed by atoms with Gasteiger partial charge >= 0.3 is 0 Å². The van der Waals surface area contributed by atoms with E-state index in [1.165, 1.54) is 206 Å². The van der Waals surface area contributed by atoms with Gasteiger partial charge in [0, 0.05) is 0 Å². The maximum absolute atomic E-state index is 2.66. The molecule has 0 aliphatic carbocycles. The molecule has 0 bridgehead atoms. The number of hydrogen-bond acceptors (Lipinski definition) is 0. The summed E-state index contributed by atoms with van der Waals surface area (Å²) in [7, 11) is -5.32. The minimum absolute atomic E-state index is 1.22. The minimum atomic E-state index is -2.66. The third kappa shape index (κ3) is 12.7. The maximum atomic E-state index is 2.47. The minimum Gasteiger partial charge on any atom is -0.0623 e. The SMILES string of the molecule is Cc1cc(-c2cccc3ccccc23)c2cccc(-c3c(C)cc(-c4cccc5ccccc45)c4ccccc34)c2c1.c1ccc([Si](c2ccccc2)(c2ccccc2)c2ccc3cc(-c4cccc5c(-c6ccc(-c7ccc8cc([Si](c9ccccc9)(c9ccccc9)c9ccccc9)ccc8c7)c7ccccc67)cccc45)ccc3c2)cc1. The molecule has 564 valence electrons. The zero-order valence-electron chi connectivity index (χ0n) is 67.0. The molecular formula is C118H84Si2. The van der Waals surface area contributed by atoms with E-state index in [-0.39, 0.29) is 0 Å². The van der Waals surface area contributed by atoms with Gasteiger partial charge in [0.05, 0.1) is 0 Å². The normalized spacial score (nSPS) is 11.8. The molecule has 0 amide bonds. The highest BCUT2D eigenvalue weighted by atomic mass is 28.3. The van der Waals surface area contributed by atoms with Crippen molar-refractivity contribution in [2.75, 3.05) is 0 Å². The Bertz CT molecular complexity index is 7200. The number of aryl methyl sites for hydroxylation is 2. The molecule has 120 heavy (non-hydrogen) atoms. The summed E-state index contributed by atoms with van der Waals surface area (Å²) in [5.41, 5.74) is 17.7. The Morgan fingerprint density at radius 3 is 0.850 bits per heavy atom. The monoisotopic (exact) mass is 1560 g/mol. The van der Waals surface area contributed by atoms with Crippen molar-refractivity contribution in [3.63, 3.8) is 0 Å². The van der Waals surface area contributed by atoms with Crippen molar-refractivity contribution in [3.8, 4) is 66.8 Å². The number of hydrogen-bond donors (Lipinski definition) is 0. The number of fused-ring (bicyclic) bond motifs is 8. The van der Waals surface area contributed by atoms with Crippen LogP contribution >= 0.6 is 0 Å². The van der Waals surface area contributed by atoms with Gasteiger partial charge in [-0.25, -0.2) is 0 Å². The second-order valence-electron chi connectivity index (χ2n) is 32.1. The first-order valence-electron chi connectivity index (χ1n) is 41.8. The van der Waals surface area contributed by atoms with Crippen molar-refractivity contribution in [2.45, 2.75) is 13.8 Å². The van der Waals surface area contributed by atoms with Gasteiger partial charge in [-0.1, -0.05) is 461 Å². The topological polar surface area (TPSA) is 0 Å². The molecule has 0 aliphatic rings. The van der Waals surface area contributed by atoms with Crippen molar-refractivity contribution in [1.82, 2.24) is 0 Å². The molecule has 2 heteroatoms. The quantitative estimate of drug-likeness (QED) is 0.0752.